The molecule has 2 rings (SSSR count). The molecule has 1 aromatic carbocycles. The van der Waals surface area contributed by atoms with E-state index >= 15 is 0 Å². The quantitative estimate of drug-likeness (QED) is 0.895. The van der Waals surface area contributed by atoms with Crippen LogP contribution >= 0.6 is 15.9 Å². The minimum Gasteiger partial charge on any atom is -0.396 e. The van der Waals surface area contributed by atoms with Crippen molar-refractivity contribution in [2.24, 2.45) is 5.92 Å². The van der Waals surface area contributed by atoms with E-state index in [0.29, 0.717) is 19.1 Å². The number of β-amino-alcohol motifs (C(OH)–C–C–N with tert-alkyl or cyclic N) is 1. The van der Waals surface area contributed by atoms with E-state index < -0.39 is 6.10 Å². The Labute approximate surface area is 117 Å². The van der Waals surface area contributed by atoms with E-state index in [1.54, 1.807) is 0 Å². The highest BCUT2D eigenvalue weighted by Gasteiger charge is 2.20. The van der Waals surface area contributed by atoms with Crippen molar-refractivity contribution in [3.63, 3.8) is 0 Å². The van der Waals surface area contributed by atoms with Crippen LogP contribution in [0.3, 0.4) is 0 Å². The lowest BCUT2D eigenvalue weighted by Crippen LogP contribution is -2.37. The molecule has 1 aliphatic rings. The van der Waals surface area contributed by atoms with E-state index in [0.717, 1.165) is 36.0 Å². The first-order valence-corrected chi connectivity index (χ1v) is 7.25. The van der Waals surface area contributed by atoms with Crippen LogP contribution in [0.1, 0.15) is 24.5 Å². The van der Waals surface area contributed by atoms with Crippen molar-refractivity contribution in [2.75, 3.05) is 26.2 Å². The van der Waals surface area contributed by atoms with Crippen LogP contribution in [0.25, 0.3) is 0 Å². The Kier molecular flexibility index (Phi) is 5.18. The summed E-state index contributed by atoms with van der Waals surface area (Å²) < 4.78 is 0.998. The van der Waals surface area contributed by atoms with E-state index in [1.807, 2.05) is 24.3 Å². The Balaban J connectivity index is 1.86. The maximum absolute atomic E-state index is 10.2. The van der Waals surface area contributed by atoms with Gasteiger partial charge in [0, 0.05) is 17.6 Å². The minimum atomic E-state index is -0.437. The largest absolute Gasteiger partial charge is 0.396 e. The highest BCUT2D eigenvalue weighted by Crippen LogP contribution is 2.22. The molecule has 1 aromatic rings. The highest BCUT2D eigenvalue weighted by molar-refractivity contribution is 9.10. The van der Waals surface area contributed by atoms with E-state index in [4.69, 9.17) is 5.11 Å². The van der Waals surface area contributed by atoms with Crippen LogP contribution in [0, 0.1) is 5.92 Å². The first-order valence-electron chi connectivity index (χ1n) is 6.46. The van der Waals surface area contributed by atoms with Crippen LogP contribution in [0.5, 0.6) is 0 Å². The van der Waals surface area contributed by atoms with Crippen molar-refractivity contribution in [1.29, 1.82) is 0 Å². The average Bonchev–Trinajstić information content (AvgIpc) is 2.39. The first kappa shape index (κ1) is 14.0. The van der Waals surface area contributed by atoms with Gasteiger partial charge in [-0.2, -0.15) is 0 Å². The van der Waals surface area contributed by atoms with Crippen LogP contribution in [0.15, 0.2) is 28.7 Å². The Morgan fingerprint density at radius 1 is 1.33 bits per heavy atom. The van der Waals surface area contributed by atoms with E-state index in [-0.39, 0.29) is 0 Å². The normalized spacial score (nSPS) is 19.9. The monoisotopic (exact) mass is 313 g/mol. The number of piperidine rings is 1. The van der Waals surface area contributed by atoms with Gasteiger partial charge in [-0.25, -0.2) is 0 Å². The number of benzene rings is 1. The number of nitrogens with zero attached hydrogens (tertiary/aromatic N) is 1. The molecule has 0 amide bonds. The molecule has 0 saturated carbocycles. The Bertz CT molecular complexity index is 378. The summed E-state index contributed by atoms with van der Waals surface area (Å²) in [4.78, 5) is 2.28. The van der Waals surface area contributed by atoms with Crippen molar-refractivity contribution in [1.82, 2.24) is 4.90 Å². The number of likely N-dealkylation sites (tertiary alicyclic amines) is 1. The Morgan fingerprint density at radius 2 is 2.06 bits per heavy atom. The Morgan fingerprint density at radius 3 is 2.67 bits per heavy atom. The second-order valence-corrected chi connectivity index (χ2v) is 5.91. The van der Waals surface area contributed by atoms with Crippen molar-refractivity contribution in [3.8, 4) is 0 Å². The third kappa shape index (κ3) is 3.79. The molecule has 0 aliphatic carbocycles. The maximum Gasteiger partial charge on any atom is 0.0917 e. The number of halogens is 1. The zero-order chi connectivity index (χ0) is 13.0. The van der Waals surface area contributed by atoms with E-state index in [2.05, 4.69) is 20.8 Å². The van der Waals surface area contributed by atoms with Crippen molar-refractivity contribution in [3.05, 3.63) is 34.3 Å². The lowest BCUT2D eigenvalue weighted by Gasteiger charge is -2.32. The van der Waals surface area contributed by atoms with E-state index in [9.17, 15) is 5.11 Å². The second kappa shape index (κ2) is 6.66. The molecular weight excluding hydrogens is 294 g/mol. The summed E-state index contributed by atoms with van der Waals surface area (Å²) in [5.74, 6) is 0.448. The van der Waals surface area contributed by atoms with Gasteiger partial charge in [-0.3, -0.25) is 0 Å². The van der Waals surface area contributed by atoms with Gasteiger partial charge >= 0.3 is 0 Å². The number of hydrogen-bond donors (Lipinski definition) is 2. The fourth-order valence-corrected chi connectivity index (χ4v) is 2.83. The van der Waals surface area contributed by atoms with Gasteiger partial charge in [-0.15, -0.1) is 0 Å². The van der Waals surface area contributed by atoms with Gasteiger partial charge in [0.1, 0.15) is 0 Å². The third-order valence-electron chi connectivity index (χ3n) is 3.63. The maximum atomic E-state index is 10.2. The molecule has 1 saturated heterocycles. The zero-order valence-electron chi connectivity index (χ0n) is 10.4. The molecule has 18 heavy (non-hydrogen) atoms. The van der Waals surface area contributed by atoms with Gasteiger partial charge in [0.25, 0.3) is 0 Å². The van der Waals surface area contributed by atoms with Gasteiger partial charge in [-0.05, 0) is 49.5 Å². The average molecular weight is 314 g/mol. The van der Waals surface area contributed by atoms with Gasteiger partial charge < -0.3 is 15.1 Å². The molecule has 1 unspecified atom stereocenters. The lowest BCUT2D eigenvalue weighted by atomic mass is 9.97. The van der Waals surface area contributed by atoms with Crippen LogP contribution in [-0.4, -0.2) is 41.4 Å². The van der Waals surface area contributed by atoms with Crippen molar-refractivity contribution in [2.45, 2.75) is 18.9 Å². The molecule has 100 valence electrons. The fraction of sp³-hybridized carbons (Fsp3) is 0.571. The highest BCUT2D eigenvalue weighted by atomic mass is 79.9. The minimum absolute atomic E-state index is 0.294. The lowest BCUT2D eigenvalue weighted by molar-refractivity contribution is 0.0763. The molecule has 0 radical (unpaired) electrons. The smallest absolute Gasteiger partial charge is 0.0917 e. The third-order valence-corrected chi connectivity index (χ3v) is 4.12. The van der Waals surface area contributed by atoms with Crippen molar-refractivity contribution >= 4 is 15.9 Å². The predicted octanol–water partition coefficient (Wildman–Crippen LogP) is 2.19. The molecule has 1 atom stereocenters. The van der Waals surface area contributed by atoms with Gasteiger partial charge in [-0.1, -0.05) is 28.1 Å². The Hall–Kier alpha value is -0.420. The van der Waals surface area contributed by atoms with E-state index in [1.165, 1.54) is 0 Å². The summed E-state index contributed by atoms with van der Waals surface area (Å²) in [6.45, 7) is 2.91. The molecule has 0 spiro atoms. The molecule has 4 heteroatoms. The standard InChI is InChI=1S/C14H20BrNO2/c15-13-3-1-2-12(8-13)14(18)9-16-6-4-11(10-17)5-7-16/h1-3,8,11,14,17-18H,4-7,9-10H2. The number of hydrogen-bond acceptors (Lipinski definition) is 3. The SMILES string of the molecule is OCC1CCN(CC(O)c2cccc(Br)c2)CC1. The summed E-state index contributed by atoms with van der Waals surface area (Å²) in [6.07, 6.45) is 1.62. The van der Waals surface area contributed by atoms with Crippen LogP contribution in [0.2, 0.25) is 0 Å². The summed E-state index contributed by atoms with van der Waals surface area (Å²) in [5.41, 5.74) is 0.952. The summed E-state index contributed by atoms with van der Waals surface area (Å²) in [6, 6.07) is 7.82. The molecule has 1 aliphatic heterocycles. The summed E-state index contributed by atoms with van der Waals surface area (Å²) in [7, 11) is 0. The van der Waals surface area contributed by atoms with Gasteiger partial charge in [0.2, 0.25) is 0 Å². The molecule has 2 N–H and O–H groups in total. The fourth-order valence-electron chi connectivity index (χ4n) is 2.42. The van der Waals surface area contributed by atoms with Crippen LogP contribution in [0.4, 0.5) is 0 Å². The molecule has 3 nitrogen and oxygen atoms in total. The topological polar surface area (TPSA) is 43.7 Å². The number of aliphatic hydroxyl groups excluding tert-OH is 2. The summed E-state index contributed by atoms with van der Waals surface area (Å²) >= 11 is 3.42. The van der Waals surface area contributed by atoms with Gasteiger partial charge in [0.05, 0.1) is 6.10 Å². The zero-order valence-corrected chi connectivity index (χ0v) is 12.0. The first-order chi connectivity index (χ1) is 8.69. The van der Waals surface area contributed by atoms with Crippen molar-refractivity contribution < 1.29 is 10.2 Å². The second-order valence-electron chi connectivity index (χ2n) is 5.00. The predicted molar refractivity (Wildman–Crippen MR) is 75.4 cm³/mol. The van der Waals surface area contributed by atoms with Gasteiger partial charge in [0.15, 0.2) is 0 Å². The molecule has 0 bridgehead atoms. The molecule has 0 aromatic heterocycles. The summed E-state index contributed by atoms with van der Waals surface area (Å²) in [5, 5.41) is 19.3. The molecular formula is C14H20BrNO2. The van der Waals surface area contributed by atoms with Crippen LogP contribution < -0.4 is 0 Å². The van der Waals surface area contributed by atoms with Crippen LogP contribution in [-0.2, 0) is 0 Å². The molecule has 1 fully saturated rings. The molecule has 1 heterocycles. The number of rotatable bonds is 4. The number of aliphatic hydroxyl groups is 2.